The number of nitrogens with zero attached hydrogens (tertiary/aromatic N) is 4. The summed E-state index contributed by atoms with van der Waals surface area (Å²) < 4.78 is 2.96. The number of hydrogen-bond donors (Lipinski definition) is 0. The summed E-state index contributed by atoms with van der Waals surface area (Å²) in [6.45, 7) is 0.774. The fourth-order valence-corrected chi connectivity index (χ4v) is 5.15. The largest absolute Gasteiger partial charge is 0.329 e. The smallest absolute Gasteiger partial charge is 0.254 e. The first-order valence-corrected chi connectivity index (χ1v) is 10.8. The molecule has 2 aromatic carbocycles. The van der Waals surface area contributed by atoms with Crippen LogP contribution in [-0.2, 0) is 7.05 Å². The lowest BCUT2D eigenvalue weighted by atomic mass is 10.00. The van der Waals surface area contributed by atoms with Gasteiger partial charge in [0.1, 0.15) is 5.01 Å². The van der Waals surface area contributed by atoms with E-state index >= 15 is 0 Å². The standard InChI is InChI=1S/C23H22N4OS/c1-26-15-18(14-24-26)16-7-6-8-17(13-16)23(28)27-12-5-4-10-20(27)22-25-19-9-2-3-11-21(19)29-22/h2-3,6-9,11,13-15,20H,4-5,10,12H2,1H3/t20-/m0/s1. The monoisotopic (exact) mass is 402 g/mol. The molecule has 5 rings (SSSR count). The SMILES string of the molecule is Cn1cc(-c2cccc(C(=O)N3CCCC[C@H]3c3nc4ccccc4s3)c2)cn1. The molecule has 0 N–H and O–H groups in total. The Morgan fingerprint density at radius 2 is 2.00 bits per heavy atom. The van der Waals surface area contributed by atoms with Crippen LogP contribution in [0, 0.1) is 0 Å². The van der Waals surface area contributed by atoms with Crippen LogP contribution in [0.2, 0.25) is 0 Å². The van der Waals surface area contributed by atoms with Gasteiger partial charge in [-0.05, 0) is 49.1 Å². The zero-order chi connectivity index (χ0) is 19.8. The highest BCUT2D eigenvalue weighted by Crippen LogP contribution is 2.36. The molecule has 0 aliphatic carbocycles. The van der Waals surface area contributed by atoms with Crippen molar-refractivity contribution in [1.29, 1.82) is 0 Å². The quantitative estimate of drug-likeness (QED) is 0.481. The molecule has 1 aliphatic heterocycles. The molecule has 1 atom stereocenters. The molecule has 4 aromatic rings. The van der Waals surface area contributed by atoms with E-state index in [1.165, 1.54) is 4.70 Å². The van der Waals surface area contributed by atoms with E-state index in [1.807, 2.05) is 66.8 Å². The predicted octanol–water partition coefficient (Wildman–Crippen LogP) is 5.06. The number of thiazole rings is 1. The molecule has 1 fully saturated rings. The molecule has 146 valence electrons. The number of rotatable bonds is 3. The Labute approximate surface area is 173 Å². The van der Waals surface area contributed by atoms with Crippen LogP contribution in [0.4, 0.5) is 0 Å². The zero-order valence-electron chi connectivity index (χ0n) is 16.3. The van der Waals surface area contributed by atoms with Crippen LogP contribution in [0.15, 0.2) is 60.9 Å². The van der Waals surface area contributed by atoms with Crippen LogP contribution in [0.1, 0.15) is 40.7 Å². The van der Waals surface area contributed by atoms with Crippen molar-refractivity contribution >= 4 is 27.5 Å². The van der Waals surface area contributed by atoms with Gasteiger partial charge in [-0.2, -0.15) is 5.10 Å². The van der Waals surface area contributed by atoms with Gasteiger partial charge in [0.25, 0.3) is 5.91 Å². The van der Waals surface area contributed by atoms with Crippen molar-refractivity contribution in [3.63, 3.8) is 0 Å². The molecule has 0 spiro atoms. The Hall–Kier alpha value is -2.99. The molecule has 2 aromatic heterocycles. The number of amides is 1. The second-order valence-electron chi connectivity index (χ2n) is 7.51. The van der Waals surface area contributed by atoms with Crippen LogP contribution >= 0.6 is 11.3 Å². The molecule has 5 nitrogen and oxygen atoms in total. The molecule has 0 radical (unpaired) electrons. The number of aryl methyl sites for hydroxylation is 1. The number of likely N-dealkylation sites (tertiary alicyclic amines) is 1. The van der Waals surface area contributed by atoms with Gasteiger partial charge in [-0.1, -0.05) is 24.3 Å². The Morgan fingerprint density at radius 1 is 1.10 bits per heavy atom. The molecule has 3 heterocycles. The van der Waals surface area contributed by atoms with Gasteiger partial charge in [-0.3, -0.25) is 9.48 Å². The highest BCUT2D eigenvalue weighted by atomic mass is 32.1. The first-order chi connectivity index (χ1) is 14.2. The minimum atomic E-state index is 0.0516. The summed E-state index contributed by atoms with van der Waals surface area (Å²) in [6.07, 6.45) is 6.92. The van der Waals surface area contributed by atoms with Gasteiger partial charge >= 0.3 is 0 Å². The second kappa shape index (κ2) is 7.44. The topological polar surface area (TPSA) is 51.0 Å². The van der Waals surface area contributed by atoms with Crippen LogP contribution in [0.25, 0.3) is 21.3 Å². The lowest BCUT2D eigenvalue weighted by Gasteiger charge is -2.34. The van der Waals surface area contributed by atoms with Gasteiger partial charge < -0.3 is 4.90 Å². The average Bonchev–Trinajstić information content (AvgIpc) is 3.39. The van der Waals surface area contributed by atoms with E-state index in [0.717, 1.165) is 53.0 Å². The van der Waals surface area contributed by atoms with Crippen LogP contribution in [0.3, 0.4) is 0 Å². The number of fused-ring (bicyclic) bond motifs is 1. The average molecular weight is 403 g/mol. The first-order valence-electron chi connectivity index (χ1n) is 9.94. The molecular formula is C23H22N4OS. The van der Waals surface area contributed by atoms with E-state index in [1.54, 1.807) is 16.0 Å². The predicted molar refractivity (Wildman–Crippen MR) is 116 cm³/mol. The summed E-state index contributed by atoms with van der Waals surface area (Å²) in [5.74, 6) is 0.0831. The van der Waals surface area contributed by atoms with Gasteiger partial charge in [-0.15, -0.1) is 11.3 Å². The first kappa shape index (κ1) is 18.1. The summed E-state index contributed by atoms with van der Waals surface area (Å²) in [5, 5.41) is 5.29. The normalized spacial score (nSPS) is 17.0. The van der Waals surface area contributed by atoms with Crippen molar-refractivity contribution in [2.24, 2.45) is 7.05 Å². The number of carbonyl (C=O) groups is 1. The third-order valence-electron chi connectivity index (χ3n) is 5.51. The molecule has 29 heavy (non-hydrogen) atoms. The lowest BCUT2D eigenvalue weighted by molar-refractivity contribution is 0.0611. The van der Waals surface area contributed by atoms with Gasteiger partial charge in [-0.25, -0.2) is 4.98 Å². The molecule has 0 saturated carbocycles. The summed E-state index contributed by atoms with van der Waals surface area (Å²) in [6, 6.07) is 16.1. The minimum absolute atomic E-state index is 0.0516. The molecular weight excluding hydrogens is 380 g/mol. The van der Waals surface area contributed by atoms with Gasteiger partial charge in [0.2, 0.25) is 0 Å². The second-order valence-corrected chi connectivity index (χ2v) is 8.58. The number of piperidine rings is 1. The maximum atomic E-state index is 13.5. The fourth-order valence-electron chi connectivity index (χ4n) is 4.03. The van der Waals surface area contributed by atoms with Crippen molar-refractivity contribution in [2.75, 3.05) is 6.54 Å². The van der Waals surface area contributed by atoms with Crippen molar-refractivity contribution < 1.29 is 4.79 Å². The number of para-hydroxylation sites is 1. The Morgan fingerprint density at radius 3 is 2.83 bits per heavy atom. The van der Waals surface area contributed by atoms with Gasteiger partial charge in [0.15, 0.2) is 0 Å². The van der Waals surface area contributed by atoms with E-state index < -0.39 is 0 Å². The van der Waals surface area contributed by atoms with Crippen molar-refractivity contribution in [2.45, 2.75) is 25.3 Å². The van der Waals surface area contributed by atoms with Crippen molar-refractivity contribution in [3.8, 4) is 11.1 Å². The van der Waals surface area contributed by atoms with Gasteiger partial charge in [0.05, 0.1) is 22.5 Å². The highest BCUT2D eigenvalue weighted by Gasteiger charge is 2.31. The highest BCUT2D eigenvalue weighted by molar-refractivity contribution is 7.18. The maximum Gasteiger partial charge on any atom is 0.254 e. The summed E-state index contributed by atoms with van der Waals surface area (Å²) in [4.78, 5) is 20.3. The van der Waals surface area contributed by atoms with Crippen molar-refractivity contribution in [1.82, 2.24) is 19.7 Å². The fraction of sp³-hybridized carbons (Fsp3) is 0.261. The minimum Gasteiger partial charge on any atom is -0.329 e. The molecule has 0 bridgehead atoms. The summed E-state index contributed by atoms with van der Waals surface area (Å²) in [7, 11) is 1.90. The zero-order valence-corrected chi connectivity index (χ0v) is 17.1. The molecule has 6 heteroatoms. The number of hydrogen-bond acceptors (Lipinski definition) is 4. The maximum absolute atomic E-state index is 13.5. The van der Waals surface area contributed by atoms with Crippen LogP contribution in [0.5, 0.6) is 0 Å². The van der Waals surface area contributed by atoms with Crippen LogP contribution < -0.4 is 0 Å². The number of aromatic nitrogens is 3. The van der Waals surface area contributed by atoms with E-state index in [2.05, 4.69) is 11.2 Å². The lowest BCUT2D eigenvalue weighted by Crippen LogP contribution is -2.38. The molecule has 0 unspecified atom stereocenters. The number of carbonyl (C=O) groups excluding carboxylic acids is 1. The third-order valence-corrected chi connectivity index (χ3v) is 6.64. The molecule has 1 amide bonds. The molecule has 1 saturated heterocycles. The summed E-state index contributed by atoms with van der Waals surface area (Å²) >= 11 is 1.71. The Balaban J connectivity index is 1.47. The Kier molecular flexibility index (Phi) is 4.64. The molecule has 1 aliphatic rings. The third kappa shape index (κ3) is 3.44. The van der Waals surface area contributed by atoms with E-state index in [0.29, 0.717) is 0 Å². The van der Waals surface area contributed by atoms with Crippen molar-refractivity contribution in [3.05, 3.63) is 71.5 Å². The van der Waals surface area contributed by atoms with E-state index in [4.69, 9.17) is 4.98 Å². The van der Waals surface area contributed by atoms with E-state index in [9.17, 15) is 4.79 Å². The van der Waals surface area contributed by atoms with E-state index in [-0.39, 0.29) is 11.9 Å². The van der Waals surface area contributed by atoms with Crippen LogP contribution in [-0.4, -0.2) is 32.1 Å². The Bertz CT molecular complexity index is 1150. The number of benzene rings is 2. The summed E-state index contributed by atoms with van der Waals surface area (Å²) in [5.41, 5.74) is 3.77. The van der Waals surface area contributed by atoms with Gasteiger partial charge in [0, 0.05) is 30.9 Å².